The van der Waals surface area contributed by atoms with Crippen LogP contribution in [0.1, 0.15) is 34.2 Å². The summed E-state index contributed by atoms with van der Waals surface area (Å²) in [6, 6.07) is 18.0. The summed E-state index contributed by atoms with van der Waals surface area (Å²) in [5, 5.41) is 1.71. The van der Waals surface area contributed by atoms with E-state index in [1.807, 2.05) is 54.6 Å². The fourth-order valence-corrected chi connectivity index (χ4v) is 6.07. The van der Waals surface area contributed by atoms with Crippen molar-refractivity contribution in [1.29, 1.82) is 0 Å². The van der Waals surface area contributed by atoms with Gasteiger partial charge in [-0.25, -0.2) is 4.98 Å². The van der Waals surface area contributed by atoms with Crippen LogP contribution >= 0.6 is 35.1 Å². The van der Waals surface area contributed by atoms with Crippen molar-refractivity contribution in [2.75, 3.05) is 32.7 Å². The first kappa shape index (κ1) is 27.1. The Morgan fingerprint density at radius 3 is 2.51 bits per heavy atom. The number of rotatable bonds is 11. The Labute approximate surface area is 220 Å². The molecule has 3 rings (SSSR count). The third-order valence-corrected chi connectivity index (χ3v) is 8.27. The van der Waals surface area contributed by atoms with Gasteiger partial charge in [-0.05, 0) is 41.5 Å². The first-order valence-corrected chi connectivity index (χ1v) is 13.7. The van der Waals surface area contributed by atoms with Gasteiger partial charge in [0.15, 0.2) is 0 Å². The van der Waals surface area contributed by atoms with Crippen molar-refractivity contribution in [3.05, 3.63) is 76.4 Å². The zero-order chi connectivity index (χ0) is 25.2. The SMILES string of the molecule is COC(=O)CCSC(SCCC(=O)N(C)C)c1cccc(C=Cc2ccc3ccc(Cl)cc3n2)c1. The summed E-state index contributed by atoms with van der Waals surface area (Å²) in [5.74, 6) is 1.24. The lowest BCUT2D eigenvalue weighted by Gasteiger charge is -2.18. The molecule has 184 valence electrons. The van der Waals surface area contributed by atoms with Gasteiger partial charge in [0, 0.05) is 42.4 Å². The number of nitrogens with zero attached hydrogens (tertiary/aromatic N) is 2. The van der Waals surface area contributed by atoms with E-state index in [0.29, 0.717) is 29.4 Å². The maximum Gasteiger partial charge on any atom is 0.306 e. The van der Waals surface area contributed by atoms with Gasteiger partial charge < -0.3 is 9.64 Å². The molecule has 1 unspecified atom stereocenters. The van der Waals surface area contributed by atoms with Gasteiger partial charge in [0.1, 0.15) is 0 Å². The molecule has 0 aliphatic rings. The molecule has 0 radical (unpaired) electrons. The number of carbonyl (C=O) groups is 2. The average molecular weight is 529 g/mol. The lowest BCUT2D eigenvalue weighted by atomic mass is 10.1. The second-order valence-electron chi connectivity index (χ2n) is 8.01. The van der Waals surface area contributed by atoms with Crippen LogP contribution in [0.2, 0.25) is 5.02 Å². The molecule has 0 N–H and O–H groups in total. The highest BCUT2D eigenvalue weighted by molar-refractivity contribution is 8.16. The largest absolute Gasteiger partial charge is 0.469 e. The van der Waals surface area contributed by atoms with Crippen LogP contribution in [-0.2, 0) is 14.3 Å². The highest BCUT2D eigenvalue weighted by Crippen LogP contribution is 2.40. The normalized spacial score (nSPS) is 12.1. The molecule has 0 aliphatic carbocycles. The van der Waals surface area contributed by atoms with E-state index in [9.17, 15) is 9.59 Å². The van der Waals surface area contributed by atoms with Gasteiger partial charge >= 0.3 is 5.97 Å². The molecule has 0 bridgehead atoms. The predicted molar refractivity (Wildman–Crippen MR) is 150 cm³/mol. The van der Waals surface area contributed by atoms with Gasteiger partial charge in [0.2, 0.25) is 5.91 Å². The number of esters is 1. The zero-order valence-electron chi connectivity index (χ0n) is 20.1. The summed E-state index contributed by atoms with van der Waals surface area (Å²) < 4.78 is 4.87. The maximum absolute atomic E-state index is 12.0. The van der Waals surface area contributed by atoms with Gasteiger partial charge in [-0.15, -0.1) is 23.5 Å². The Bertz CT molecular complexity index is 1200. The molecule has 0 aliphatic heterocycles. The third kappa shape index (κ3) is 8.60. The second kappa shape index (κ2) is 13.6. The van der Waals surface area contributed by atoms with Crippen LogP contribution in [0.5, 0.6) is 0 Å². The molecule has 0 saturated heterocycles. The number of halogens is 1. The minimum Gasteiger partial charge on any atom is -0.469 e. The molecular weight excluding hydrogens is 500 g/mol. The van der Waals surface area contributed by atoms with Crippen molar-refractivity contribution in [1.82, 2.24) is 9.88 Å². The number of aromatic nitrogens is 1. The van der Waals surface area contributed by atoms with Gasteiger partial charge in [-0.2, -0.15) is 0 Å². The number of carbonyl (C=O) groups excluding carboxylic acids is 2. The number of benzene rings is 2. The summed E-state index contributed by atoms with van der Waals surface area (Å²) in [6.07, 6.45) is 4.86. The maximum atomic E-state index is 12.0. The van der Waals surface area contributed by atoms with Crippen molar-refractivity contribution < 1.29 is 14.3 Å². The van der Waals surface area contributed by atoms with Crippen molar-refractivity contribution in [2.24, 2.45) is 0 Å². The quantitative estimate of drug-likeness (QED) is 0.207. The van der Waals surface area contributed by atoms with Crippen LogP contribution in [0, 0.1) is 0 Å². The number of amides is 1. The van der Waals surface area contributed by atoms with Gasteiger partial charge in [-0.3, -0.25) is 9.59 Å². The van der Waals surface area contributed by atoms with Gasteiger partial charge in [-0.1, -0.05) is 48.0 Å². The van der Waals surface area contributed by atoms with Crippen LogP contribution in [0.25, 0.3) is 23.1 Å². The number of ether oxygens (including phenoxy) is 1. The second-order valence-corrected chi connectivity index (χ2v) is 11.2. The van der Waals surface area contributed by atoms with Crippen molar-refractivity contribution in [3.63, 3.8) is 0 Å². The Hall–Kier alpha value is -2.48. The molecule has 0 saturated carbocycles. The Balaban J connectivity index is 1.73. The van der Waals surface area contributed by atoms with Gasteiger partial charge in [0.05, 0.1) is 29.3 Å². The highest BCUT2D eigenvalue weighted by atomic mass is 35.5. The molecule has 0 fully saturated rings. The van der Waals surface area contributed by atoms with Crippen molar-refractivity contribution in [2.45, 2.75) is 17.4 Å². The topological polar surface area (TPSA) is 59.5 Å². The van der Waals surface area contributed by atoms with E-state index in [1.165, 1.54) is 7.11 Å². The number of methoxy groups -OCH3 is 1. The van der Waals surface area contributed by atoms with E-state index in [2.05, 4.69) is 17.1 Å². The highest BCUT2D eigenvalue weighted by Gasteiger charge is 2.15. The first-order chi connectivity index (χ1) is 16.9. The van der Waals surface area contributed by atoms with Crippen LogP contribution in [0.4, 0.5) is 0 Å². The van der Waals surface area contributed by atoms with E-state index in [4.69, 9.17) is 16.3 Å². The van der Waals surface area contributed by atoms with E-state index < -0.39 is 0 Å². The minimum atomic E-state index is -0.218. The van der Waals surface area contributed by atoms with E-state index >= 15 is 0 Å². The molecule has 3 aromatic rings. The van der Waals surface area contributed by atoms with Crippen LogP contribution in [0.15, 0.2) is 54.6 Å². The van der Waals surface area contributed by atoms with E-state index in [1.54, 1.807) is 42.5 Å². The fraction of sp³-hybridized carbons (Fsp3) is 0.296. The summed E-state index contributed by atoms with van der Waals surface area (Å²) in [4.78, 5) is 29.9. The summed E-state index contributed by atoms with van der Waals surface area (Å²) in [5.41, 5.74) is 3.91. The zero-order valence-corrected chi connectivity index (χ0v) is 22.5. The van der Waals surface area contributed by atoms with Crippen LogP contribution in [0.3, 0.4) is 0 Å². The molecular formula is C27H29ClN2O3S2. The van der Waals surface area contributed by atoms with Crippen molar-refractivity contribution >= 4 is 70.1 Å². The molecule has 1 heterocycles. The standard InChI is InChI=1S/C27H29ClN2O3S2/c1-30(2)25(31)13-15-34-27(35-16-14-26(32)33-3)21-6-4-5-19(17-21)7-11-23-12-9-20-8-10-22(28)18-24(20)29-23/h4-12,17-18,27H,13-16H2,1-3H3. The summed E-state index contributed by atoms with van der Waals surface area (Å²) >= 11 is 9.53. The molecule has 5 nitrogen and oxygen atoms in total. The number of hydrogen-bond donors (Lipinski definition) is 0. The molecule has 35 heavy (non-hydrogen) atoms. The fourth-order valence-electron chi connectivity index (χ4n) is 3.26. The number of thioether (sulfide) groups is 2. The minimum absolute atomic E-state index is 0.101. The lowest BCUT2D eigenvalue weighted by molar-refractivity contribution is -0.140. The number of hydrogen-bond acceptors (Lipinski definition) is 6. The lowest BCUT2D eigenvalue weighted by Crippen LogP contribution is -2.21. The average Bonchev–Trinajstić information content (AvgIpc) is 2.86. The molecule has 1 amide bonds. The Kier molecular flexibility index (Phi) is 10.5. The number of pyridine rings is 1. The smallest absolute Gasteiger partial charge is 0.306 e. The molecule has 0 spiro atoms. The Morgan fingerprint density at radius 1 is 1.03 bits per heavy atom. The van der Waals surface area contributed by atoms with Crippen LogP contribution < -0.4 is 0 Å². The first-order valence-electron chi connectivity index (χ1n) is 11.2. The van der Waals surface area contributed by atoms with Gasteiger partial charge in [0.25, 0.3) is 0 Å². The molecule has 8 heteroatoms. The summed E-state index contributed by atoms with van der Waals surface area (Å²) in [6.45, 7) is 0. The monoisotopic (exact) mass is 528 g/mol. The van der Waals surface area contributed by atoms with E-state index in [-0.39, 0.29) is 16.5 Å². The molecule has 2 aromatic carbocycles. The predicted octanol–water partition coefficient (Wildman–Crippen LogP) is 6.57. The molecule has 1 aromatic heterocycles. The van der Waals surface area contributed by atoms with E-state index in [0.717, 1.165) is 27.7 Å². The number of fused-ring (bicyclic) bond motifs is 1. The van der Waals surface area contributed by atoms with Crippen LogP contribution in [-0.4, -0.2) is 54.5 Å². The molecule has 1 atom stereocenters. The third-order valence-electron chi connectivity index (χ3n) is 5.19. The Morgan fingerprint density at radius 2 is 1.77 bits per heavy atom. The summed E-state index contributed by atoms with van der Waals surface area (Å²) in [7, 11) is 4.94. The van der Waals surface area contributed by atoms with Crippen molar-refractivity contribution in [3.8, 4) is 0 Å².